The molecular weight excluding hydrogens is 180 g/mol. The molecule has 0 aromatic carbocycles. The van der Waals surface area contributed by atoms with E-state index in [1.807, 2.05) is 11.8 Å². The summed E-state index contributed by atoms with van der Waals surface area (Å²) in [5.41, 5.74) is 4.62. The molecule has 0 bridgehead atoms. The topological polar surface area (TPSA) is 24.4 Å². The lowest BCUT2D eigenvalue weighted by Gasteiger charge is -2.25. The van der Waals surface area contributed by atoms with Crippen LogP contribution in [0, 0.1) is 5.92 Å². The molecule has 2 nitrogen and oxygen atoms in total. The minimum Gasteiger partial charge on any atom is -0.306 e. The molecule has 1 atom stereocenters. The molecule has 13 heavy (non-hydrogen) atoms. The van der Waals surface area contributed by atoms with Crippen LogP contribution >= 0.6 is 11.8 Å². The van der Waals surface area contributed by atoms with E-state index >= 15 is 0 Å². The van der Waals surface area contributed by atoms with Crippen molar-refractivity contribution in [3.05, 3.63) is 0 Å². The molecule has 3 heteroatoms. The molecule has 0 aromatic rings. The van der Waals surface area contributed by atoms with Gasteiger partial charge in [-0.3, -0.25) is 0 Å². The van der Waals surface area contributed by atoms with Gasteiger partial charge in [0.25, 0.3) is 0 Å². The normalized spacial score (nSPS) is 30.2. The van der Waals surface area contributed by atoms with Gasteiger partial charge in [-0.05, 0) is 37.9 Å². The van der Waals surface area contributed by atoms with E-state index in [1.165, 1.54) is 42.9 Å². The molecule has 2 aliphatic rings. The number of hydrogen-bond acceptors (Lipinski definition) is 3. The van der Waals surface area contributed by atoms with Gasteiger partial charge in [-0.1, -0.05) is 6.42 Å². The number of thioether (sulfide) groups is 1. The highest BCUT2D eigenvalue weighted by Gasteiger charge is 2.21. The van der Waals surface area contributed by atoms with Gasteiger partial charge in [-0.25, -0.2) is 0 Å². The third kappa shape index (κ3) is 2.39. The predicted molar refractivity (Wildman–Crippen MR) is 59.3 cm³/mol. The lowest BCUT2D eigenvalue weighted by atomic mass is 9.82. The van der Waals surface area contributed by atoms with Crippen molar-refractivity contribution in [2.45, 2.75) is 38.6 Å². The van der Waals surface area contributed by atoms with Gasteiger partial charge in [0.1, 0.15) is 0 Å². The van der Waals surface area contributed by atoms with Crippen molar-refractivity contribution >= 4 is 17.5 Å². The van der Waals surface area contributed by atoms with E-state index in [4.69, 9.17) is 0 Å². The van der Waals surface area contributed by atoms with Gasteiger partial charge < -0.3 is 5.43 Å². The van der Waals surface area contributed by atoms with Crippen LogP contribution in [0.25, 0.3) is 0 Å². The molecule has 0 aromatic heterocycles. The molecule has 1 heterocycles. The van der Waals surface area contributed by atoms with Gasteiger partial charge in [0.2, 0.25) is 0 Å². The predicted octanol–water partition coefficient (Wildman–Crippen LogP) is 2.26. The van der Waals surface area contributed by atoms with Crippen LogP contribution in [0.5, 0.6) is 0 Å². The zero-order chi connectivity index (χ0) is 9.10. The highest BCUT2D eigenvalue weighted by molar-refractivity contribution is 7.99. The largest absolute Gasteiger partial charge is 0.306 e. The molecule has 1 saturated carbocycles. The summed E-state index contributed by atoms with van der Waals surface area (Å²) in [5, 5.41) is 4.48. The molecule has 1 saturated heterocycles. The zero-order valence-corrected chi connectivity index (χ0v) is 9.07. The second kappa shape index (κ2) is 4.36. The smallest absolute Gasteiger partial charge is 0.0538 e. The van der Waals surface area contributed by atoms with Crippen molar-refractivity contribution in [1.29, 1.82) is 0 Å². The summed E-state index contributed by atoms with van der Waals surface area (Å²) in [5.74, 6) is 3.33. The summed E-state index contributed by atoms with van der Waals surface area (Å²) >= 11 is 2.03. The molecule has 1 unspecified atom stereocenters. The van der Waals surface area contributed by atoms with Crippen LogP contribution in [0.3, 0.4) is 0 Å². The molecule has 0 radical (unpaired) electrons. The fourth-order valence-electron chi connectivity index (χ4n) is 1.75. The number of nitrogens with one attached hydrogen (secondary N) is 1. The van der Waals surface area contributed by atoms with Crippen LogP contribution in [0.15, 0.2) is 5.10 Å². The SMILES string of the molecule is C/C(=N\NC1CCSC1)C1CCC1. The lowest BCUT2D eigenvalue weighted by molar-refractivity contribution is 0.408. The van der Waals surface area contributed by atoms with Crippen LogP contribution < -0.4 is 5.43 Å². The monoisotopic (exact) mass is 198 g/mol. The van der Waals surface area contributed by atoms with E-state index in [2.05, 4.69) is 17.5 Å². The van der Waals surface area contributed by atoms with Crippen molar-refractivity contribution in [1.82, 2.24) is 5.43 Å². The highest BCUT2D eigenvalue weighted by atomic mass is 32.2. The minimum atomic E-state index is 0.639. The first-order chi connectivity index (χ1) is 6.36. The Morgan fingerprint density at radius 1 is 1.38 bits per heavy atom. The fraction of sp³-hybridized carbons (Fsp3) is 0.900. The Morgan fingerprint density at radius 2 is 2.23 bits per heavy atom. The first kappa shape index (κ1) is 9.38. The van der Waals surface area contributed by atoms with Gasteiger partial charge in [-0.2, -0.15) is 16.9 Å². The third-order valence-corrected chi connectivity index (χ3v) is 4.21. The Labute approximate surface area is 84.6 Å². The number of nitrogens with zero attached hydrogens (tertiary/aromatic N) is 1. The zero-order valence-electron chi connectivity index (χ0n) is 8.25. The molecular formula is C10H18N2S. The summed E-state index contributed by atoms with van der Waals surface area (Å²) in [6.07, 6.45) is 5.40. The van der Waals surface area contributed by atoms with Crippen LogP contribution in [-0.4, -0.2) is 23.3 Å². The average Bonchev–Trinajstić information content (AvgIpc) is 2.49. The van der Waals surface area contributed by atoms with E-state index in [-0.39, 0.29) is 0 Å². The molecule has 0 amide bonds. The van der Waals surface area contributed by atoms with E-state index in [1.54, 1.807) is 0 Å². The number of hydrogen-bond donors (Lipinski definition) is 1. The average molecular weight is 198 g/mol. The summed E-state index contributed by atoms with van der Waals surface area (Å²) in [6.45, 7) is 2.17. The summed E-state index contributed by atoms with van der Waals surface area (Å²) in [6, 6.07) is 0.639. The number of hydrazone groups is 1. The van der Waals surface area contributed by atoms with Crippen LogP contribution in [0.4, 0.5) is 0 Å². The summed E-state index contributed by atoms with van der Waals surface area (Å²) in [7, 11) is 0. The van der Waals surface area contributed by atoms with Crippen molar-refractivity contribution in [3.8, 4) is 0 Å². The number of rotatable bonds is 3. The molecule has 0 spiro atoms. The molecule has 2 fully saturated rings. The lowest BCUT2D eigenvalue weighted by Crippen LogP contribution is -2.28. The van der Waals surface area contributed by atoms with Crippen LogP contribution in [-0.2, 0) is 0 Å². The Kier molecular flexibility index (Phi) is 3.14. The van der Waals surface area contributed by atoms with Crippen molar-refractivity contribution < 1.29 is 0 Å². The summed E-state index contributed by atoms with van der Waals surface area (Å²) < 4.78 is 0. The van der Waals surface area contributed by atoms with Gasteiger partial charge in [-0.15, -0.1) is 0 Å². The molecule has 74 valence electrons. The Hall–Kier alpha value is -0.180. The maximum Gasteiger partial charge on any atom is 0.0538 e. The van der Waals surface area contributed by atoms with Gasteiger partial charge in [0.15, 0.2) is 0 Å². The van der Waals surface area contributed by atoms with Gasteiger partial charge >= 0.3 is 0 Å². The maximum atomic E-state index is 4.48. The Bertz CT molecular complexity index is 193. The Balaban J connectivity index is 1.74. The second-order valence-corrected chi connectivity index (χ2v) is 5.22. The van der Waals surface area contributed by atoms with Crippen LogP contribution in [0.2, 0.25) is 0 Å². The highest BCUT2D eigenvalue weighted by Crippen LogP contribution is 2.27. The quantitative estimate of drug-likeness (QED) is 0.555. The van der Waals surface area contributed by atoms with E-state index in [0.717, 1.165) is 5.92 Å². The van der Waals surface area contributed by atoms with Crippen molar-refractivity contribution in [2.24, 2.45) is 11.0 Å². The van der Waals surface area contributed by atoms with Crippen molar-refractivity contribution in [2.75, 3.05) is 11.5 Å². The first-order valence-corrected chi connectivity index (χ1v) is 6.39. The minimum absolute atomic E-state index is 0.639. The third-order valence-electron chi connectivity index (χ3n) is 3.05. The first-order valence-electron chi connectivity index (χ1n) is 5.23. The van der Waals surface area contributed by atoms with Crippen molar-refractivity contribution in [3.63, 3.8) is 0 Å². The summed E-state index contributed by atoms with van der Waals surface area (Å²) in [4.78, 5) is 0. The standard InChI is InChI=1S/C10H18N2S/c1-8(9-3-2-4-9)11-12-10-5-6-13-7-10/h9-10,12H,2-7H2,1H3/b11-8+. The Morgan fingerprint density at radius 3 is 2.77 bits per heavy atom. The molecule has 1 aliphatic heterocycles. The van der Waals surface area contributed by atoms with E-state index in [0.29, 0.717) is 6.04 Å². The van der Waals surface area contributed by atoms with Crippen LogP contribution in [0.1, 0.15) is 32.6 Å². The fourth-order valence-corrected chi connectivity index (χ4v) is 2.89. The van der Waals surface area contributed by atoms with Gasteiger partial charge in [0, 0.05) is 11.5 Å². The molecule has 2 rings (SSSR count). The molecule has 1 N–H and O–H groups in total. The van der Waals surface area contributed by atoms with E-state index < -0.39 is 0 Å². The second-order valence-electron chi connectivity index (χ2n) is 4.07. The molecule has 1 aliphatic carbocycles. The van der Waals surface area contributed by atoms with E-state index in [9.17, 15) is 0 Å². The maximum absolute atomic E-state index is 4.48. The van der Waals surface area contributed by atoms with Gasteiger partial charge in [0.05, 0.1) is 6.04 Å².